The number of nitrogens with two attached hydrogens (primary N) is 1. The molecule has 0 amide bonds. The molecule has 2 aromatic rings. The molecule has 6 heteroatoms. The molecule has 18 heavy (non-hydrogen) atoms. The lowest BCUT2D eigenvalue weighted by atomic mass is 10.1. The summed E-state index contributed by atoms with van der Waals surface area (Å²) in [5.74, 6) is 1.16. The van der Waals surface area contributed by atoms with E-state index in [0.29, 0.717) is 19.0 Å². The van der Waals surface area contributed by atoms with Gasteiger partial charge in [-0.05, 0) is 19.8 Å². The second-order valence-electron chi connectivity index (χ2n) is 4.74. The molecule has 6 nitrogen and oxygen atoms in total. The summed E-state index contributed by atoms with van der Waals surface area (Å²) >= 11 is 0. The molecule has 0 aliphatic heterocycles. The van der Waals surface area contributed by atoms with Gasteiger partial charge in [0.05, 0.1) is 23.6 Å². The zero-order chi connectivity index (χ0) is 13.3. The van der Waals surface area contributed by atoms with Crippen molar-refractivity contribution < 1.29 is 4.52 Å². The standard InChI is InChI=1S/C12H19N5O/c1-7(2)12-11(5-13)14-16-17(12)6-10-8(3)15-18-9(10)4/h7H,5-6,13H2,1-4H3. The van der Waals surface area contributed by atoms with Crippen LogP contribution >= 0.6 is 0 Å². The van der Waals surface area contributed by atoms with Crippen molar-refractivity contribution in [3.8, 4) is 0 Å². The lowest BCUT2D eigenvalue weighted by molar-refractivity contribution is 0.391. The highest BCUT2D eigenvalue weighted by Crippen LogP contribution is 2.20. The Balaban J connectivity index is 2.38. The molecule has 2 aromatic heterocycles. The van der Waals surface area contributed by atoms with Crippen LogP contribution in [0.3, 0.4) is 0 Å². The van der Waals surface area contributed by atoms with Gasteiger partial charge >= 0.3 is 0 Å². The second-order valence-corrected chi connectivity index (χ2v) is 4.74. The quantitative estimate of drug-likeness (QED) is 0.888. The molecule has 0 spiro atoms. The zero-order valence-electron chi connectivity index (χ0n) is 11.3. The van der Waals surface area contributed by atoms with E-state index < -0.39 is 0 Å². The van der Waals surface area contributed by atoms with Gasteiger partial charge in [-0.2, -0.15) is 0 Å². The van der Waals surface area contributed by atoms with Crippen LogP contribution in [0.2, 0.25) is 0 Å². The van der Waals surface area contributed by atoms with Crippen molar-refractivity contribution in [1.82, 2.24) is 20.2 Å². The van der Waals surface area contributed by atoms with Crippen LogP contribution in [0.25, 0.3) is 0 Å². The topological polar surface area (TPSA) is 82.8 Å². The molecule has 0 unspecified atom stereocenters. The van der Waals surface area contributed by atoms with Crippen molar-refractivity contribution in [3.63, 3.8) is 0 Å². The monoisotopic (exact) mass is 249 g/mol. The first kappa shape index (κ1) is 12.8. The van der Waals surface area contributed by atoms with E-state index in [1.807, 2.05) is 18.5 Å². The third kappa shape index (κ3) is 2.15. The van der Waals surface area contributed by atoms with E-state index in [-0.39, 0.29) is 0 Å². The van der Waals surface area contributed by atoms with Crippen molar-refractivity contribution in [2.75, 3.05) is 0 Å². The van der Waals surface area contributed by atoms with E-state index in [9.17, 15) is 0 Å². The fourth-order valence-corrected chi connectivity index (χ4v) is 2.13. The molecule has 2 heterocycles. The highest BCUT2D eigenvalue weighted by atomic mass is 16.5. The normalized spacial score (nSPS) is 11.4. The van der Waals surface area contributed by atoms with Gasteiger partial charge in [0, 0.05) is 12.1 Å². The fraction of sp³-hybridized carbons (Fsp3) is 0.583. The van der Waals surface area contributed by atoms with E-state index in [0.717, 1.165) is 28.4 Å². The van der Waals surface area contributed by atoms with Crippen LogP contribution in [0.15, 0.2) is 4.52 Å². The predicted octanol–water partition coefficient (Wildman–Crippen LogP) is 1.51. The SMILES string of the molecule is Cc1noc(C)c1Cn1nnc(CN)c1C(C)C. The maximum absolute atomic E-state index is 5.69. The maximum atomic E-state index is 5.69. The van der Waals surface area contributed by atoms with Crippen molar-refractivity contribution in [2.24, 2.45) is 5.73 Å². The van der Waals surface area contributed by atoms with Crippen LogP contribution in [0.4, 0.5) is 0 Å². The van der Waals surface area contributed by atoms with Gasteiger partial charge in [0.15, 0.2) is 0 Å². The number of aromatic nitrogens is 4. The molecule has 0 fully saturated rings. The largest absolute Gasteiger partial charge is 0.361 e. The molecule has 0 bridgehead atoms. The predicted molar refractivity (Wildman–Crippen MR) is 67.1 cm³/mol. The van der Waals surface area contributed by atoms with E-state index in [4.69, 9.17) is 10.3 Å². The van der Waals surface area contributed by atoms with Crippen molar-refractivity contribution in [2.45, 2.75) is 46.7 Å². The first-order valence-electron chi connectivity index (χ1n) is 6.08. The van der Waals surface area contributed by atoms with Crippen LogP contribution in [0.5, 0.6) is 0 Å². The van der Waals surface area contributed by atoms with Crippen LogP contribution in [-0.4, -0.2) is 20.2 Å². The van der Waals surface area contributed by atoms with Gasteiger partial charge in [0.25, 0.3) is 0 Å². The molecule has 0 saturated carbocycles. The van der Waals surface area contributed by atoms with Gasteiger partial charge in [-0.25, -0.2) is 4.68 Å². The highest BCUT2D eigenvalue weighted by molar-refractivity contribution is 5.23. The molecule has 0 saturated heterocycles. The lowest BCUT2D eigenvalue weighted by Crippen LogP contribution is -2.11. The van der Waals surface area contributed by atoms with Crippen molar-refractivity contribution >= 4 is 0 Å². The summed E-state index contributed by atoms with van der Waals surface area (Å²) in [6, 6.07) is 0. The second kappa shape index (κ2) is 4.89. The van der Waals surface area contributed by atoms with E-state index >= 15 is 0 Å². The van der Waals surface area contributed by atoms with Gasteiger partial charge in [0.1, 0.15) is 5.76 Å². The third-order valence-electron chi connectivity index (χ3n) is 3.08. The lowest BCUT2D eigenvalue weighted by Gasteiger charge is -2.10. The molecule has 0 aliphatic rings. The van der Waals surface area contributed by atoms with Crippen molar-refractivity contribution in [3.05, 3.63) is 28.4 Å². The Morgan fingerprint density at radius 3 is 2.56 bits per heavy atom. The van der Waals surface area contributed by atoms with Gasteiger partial charge in [0.2, 0.25) is 0 Å². The third-order valence-corrected chi connectivity index (χ3v) is 3.08. The van der Waals surface area contributed by atoms with Gasteiger partial charge < -0.3 is 10.3 Å². The summed E-state index contributed by atoms with van der Waals surface area (Å²) in [6.45, 7) is 9.10. The molecule has 2 N–H and O–H groups in total. The summed E-state index contributed by atoms with van der Waals surface area (Å²) in [7, 11) is 0. The van der Waals surface area contributed by atoms with Crippen molar-refractivity contribution in [1.29, 1.82) is 0 Å². The van der Waals surface area contributed by atoms with Crippen LogP contribution in [-0.2, 0) is 13.1 Å². The minimum absolute atomic E-state index is 0.332. The summed E-state index contributed by atoms with van der Waals surface area (Å²) < 4.78 is 7.05. The Hall–Kier alpha value is -1.69. The Morgan fingerprint density at radius 1 is 1.33 bits per heavy atom. The maximum Gasteiger partial charge on any atom is 0.138 e. The Bertz CT molecular complexity index is 521. The average Bonchev–Trinajstić information content (AvgIpc) is 2.87. The van der Waals surface area contributed by atoms with E-state index in [2.05, 4.69) is 29.3 Å². The molecular weight excluding hydrogens is 230 g/mol. The fourth-order valence-electron chi connectivity index (χ4n) is 2.13. The smallest absolute Gasteiger partial charge is 0.138 e. The number of rotatable bonds is 4. The number of nitrogens with zero attached hydrogens (tertiary/aromatic N) is 4. The number of hydrogen-bond acceptors (Lipinski definition) is 5. The zero-order valence-corrected chi connectivity index (χ0v) is 11.3. The van der Waals surface area contributed by atoms with E-state index in [1.54, 1.807) is 0 Å². The minimum Gasteiger partial charge on any atom is -0.361 e. The highest BCUT2D eigenvalue weighted by Gasteiger charge is 2.18. The first-order chi connectivity index (χ1) is 8.54. The minimum atomic E-state index is 0.332. The molecule has 0 aliphatic carbocycles. The molecule has 0 aromatic carbocycles. The molecule has 0 radical (unpaired) electrons. The van der Waals surface area contributed by atoms with Crippen LogP contribution < -0.4 is 5.73 Å². The van der Waals surface area contributed by atoms with Crippen LogP contribution in [0.1, 0.15) is 48.2 Å². The molecule has 2 rings (SSSR count). The van der Waals surface area contributed by atoms with Gasteiger partial charge in [-0.1, -0.05) is 24.2 Å². The van der Waals surface area contributed by atoms with Gasteiger partial charge in [-0.3, -0.25) is 0 Å². The summed E-state index contributed by atoms with van der Waals surface area (Å²) in [5.41, 5.74) is 9.58. The first-order valence-corrected chi connectivity index (χ1v) is 6.08. The summed E-state index contributed by atoms with van der Waals surface area (Å²) in [4.78, 5) is 0. The molecular formula is C12H19N5O. The Kier molecular flexibility index (Phi) is 3.47. The van der Waals surface area contributed by atoms with Gasteiger partial charge in [-0.15, -0.1) is 5.10 Å². The Morgan fingerprint density at radius 2 is 2.06 bits per heavy atom. The molecule has 98 valence electrons. The summed E-state index contributed by atoms with van der Waals surface area (Å²) in [6.07, 6.45) is 0. The number of aryl methyl sites for hydroxylation is 2. The Labute approximate surface area is 106 Å². The number of hydrogen-bond donors (Lipinski definition) is 1. The van der Waals surface area contributed by atoms with Crippen LogP contribution in [0, 0.1) is 13.8 Å². The van der Waals surface area contributed by atoms with E-state index in [1.165, 1.54) is 0 Å². The average molecular weight is 249 g/mol. The summed E-state index contributed by atoms with van der Waals surface area (Å²) in [5, 5.41) is 12.3. The molecule has 0 atom stereocenters.